The number of aromatic nitrogens is 2. The molecule has 28 heavy (non-hydrogen) atoms. The van der Waals surface area contributed by atoms with E-state index in [-0.39, 0.29) is 12.0 Å². The van der Waals surface area contributed by atoms with Gasteiger partial charge in [0.25, 0.3) is 5.56 Å². The number of hydrogen-bond donors (Lipinski definition) is 1. The van der Waals surface area contributed by atoms with Gasteiger partial charge in [-0.3, -0.25) is 14.2 Å². The van der Waals surface area contributed by atoms with E-state index in [1.807, 2.05) is 0 Å². The number of carbonyl (C=O) groups excluding carboxylic acids is 2. The zero-order valence-electron chi connectivity index (χ0n) is 15.5. The van der Waals surface area contributed by atoms with Gasteiger partial charge in [-0.1, -0.05) is 0 Å². The topological polar surface area (TPSA) is 90.3 Å². The molecule has 9 heteroatoms. The van der Waals surface area contributed by atoms with E-state index in [2.05, 4.69) is 10.3 Å². The summed E-state index contributed by atoms with van der Waals surface area (Å²) in [6.45, 7) is 5.14. The lowest BCUT2D eigenvalue weighted by Crippen LogP contribution is -2.31. The van der Waals surface area contributed by atoms with Gasteiger partial charge in [0.2, 0.25) is 5.91 Å². The Morgan fingerprint density at radius 3 is 2.64 bits per heavy atom. The molecular weight excluding hydrogens is 385 g/mol. The number of aryl methyl sites for hydroxylation is 1. The molecule has 0 bridgehead atoms. The van der Waals surface area contributed by atoms with Crippen molar-refractivity contribution < 1.29 is 18.7 Å². The lowest BCUT2D eigenvalue weighted by molar-refractivity contribution is -0.118. The van der Waals surface area contributed by atoms with Crippen LogP contribution in [-0.4, -0.2) is 28.0 Å². The molecule has 1 aromatic carbocycles. The van der Waals surface area contributed by atoms with Gasteiger partial charge in [0.05, 0.1) is 18.3 Å². The number of rotatable bonds is 5. The fraction of sp³-hybridized carbons (Fsp3) is 0.263. The van der Waals surface area contributed by atoms with E-state index in [1.54, 1.807) is 20.8 Å². The third kappa shape index (κ3) is 3.65. The molecule has 3 aromatic rings. The molecule has 0 unspecified atom stereocenters. The predicted octanol–water partition coefficient (Wildman–Crippen LogP) is 3.28. The van der Waals surface area contributed by atoms with E-state index in [1.165, 1.54) is 35.2 Å². The molecule has 0 aliphatic carbocycles. The highest BCUT2D eigenvalue weighted by molar-refractivity contribution is 7.20. The number of nitrogens with one attached hydrogen (secondary N) is 1. The number of ether oxygens (including phenoxy) is 1. The molecule has 1 N–H and O–H groups in total. The number of carbonyl (C=O) groups is 2. The van der Waals surface area contributed by atoms with Crippen LogP contribution in [0.2, 0.25) is 0 Å². The van der Waals surface area contributed by atoms with E-state index in [9.17, 15) is 18.8 Å². The molecule has 0 aliphatic rings. The first-order valence-corrected chi connectivity index (χ1v) is 9.39. The van der Waals surface area contributed by atoms with Crippen LogP contribution in [0.15, 0.2) is 35.4 Å². The minimum absolute atomic E-state index is 0.227. The molecule has 1 atom stereocenters. The van der Waals surface area contributed by atoms with Crippen LogP contribution in [0.3, 0.4) is 0 Å². The molecule has 3 rings (SSSR count). The number of thiophene rings is 1. The Bertz CT molecular complexity index is 1100. The van der Waals surface area contributed by atoms with Crippen molar-refractivity contribution in [3.05, 3.63) is 57.2 Å². The van der Waals surface area contributed by atoms with Gasteiger partial charge in [0, 0.05) is 5.69 Å². The summed E-state index contributed by atoms with van der Waals surface area (Å²) in [5, 5.41) is 2.92. The standard InChI is InChI=1S/C19H18FN3O4S/c1-4-27-19(26)15-10(2)14-17(28-15)21-9-23(18(14)25)11(3)16(24)22-13-7-5-12(20)6-8-13/h5-9,11H,4H2,1-3H3,(H,22,24)/t11-/m1/s1. The smallest absolute Gasteiger partial charge is 0.348 e. The Morgan fingerprint density at radius 1 is 1.32 bits per heavy atom. The summed E-state index contributed by atoms with van der Waals surface area (Å²) in [6, 6.07) is 4.45. The normalized spacial score (nSPS) is 12.0. The maximum Gasteiger partial charge on any atom is 0.348 e. The molecule has 0 spiro atoms. The van der Waals surface area contributed by atoms with Crippen molar-refractivity contribution in [1.29, 1.82) is 0 Å². The Morgan fingerprint density at radius 2 is 2.00 bits per heavy atom. The second-order valence-electron chi connectivity index (χ2n) is 6.09. The third-order valence-corrected chi connectivity index (χ3v) is 5.43. The lowest BCUT2D eigenvalue weighted by atomic mass is 10.2. The summed E-state index contributed by atoms with van der Waals surface area (Å²) in [7, 11) is 0. The van der Waals surface area contributed by atoms with Gasteiger partial charge in [0.1, 0.15) is 21.6 Å². The van der Waals surface area contributed by atoms with Gasteiger partial charge in [-0.25, -0.2) is 14.2 Å². The molecule has 0 radical (unpaired) electrons. The second kappa shape index (κ2) is 7.89. The van der Waals surface area contributed by atoms with Crippen LogP contribution in [0.1, 0.15) is 35.1 Å². The Kier molecular flexibility index (Phi) is 5.55. The summed E-state index contributed by atoms with van der Waals surface area (Å²) in [6.07, 6.45) is 1.28. The van der Waals surface area contributed by atoms with Gasteiger partial charge < -0.3 is 10.1 Å². The summed E-state index contributed by atoms with van der Waals surface area (Å²) in [5.74, 6) is -1.37. The van der Waals surface area contributed by atoms with Crippen LogP contribution in [0.4, 0.5) is 10.1 Å². The van der Waals surface area contributed by atoms with Gasteiger partial charge in [-0.15, -0.1) is 11.3 Å². The van der Waals surface area contributed by atoms with Crippen molar-refractivity contribution >= 4 is 39.1 Å². The highest BCUT2D eigenvalue weighted by Crippen LogP contribution is 2.28. The fourth-order valence-electron chi connectivity index (χ4n) is 2.71. The number of amides is 1. The maximum atomic E-state index is 13.0. The fourth-order valence-corrected chi connectivity index (χ4v) is 3.74. The summed E-state index contributed by atoms with van der Waals surface area (Å²) in [4.78, 5) is 42.5. The van der Waals surface area contributed by atoms with Crippen molar-refractivity contribution in [1.82, 2.24) is 9.55 Å². The van der Waals surface area contributed by atoms with E-state index in [0.29, 0.717) is 21.0 Å². The molecule has 0 fully saturated rings. The number of esters is 1. The predicted molar refractivity (Wildman–Crippen MR) is 104 cm³/mol. The highest BCUT2D eigenvalue weighted by atomic mass is 32.1. The number of benzene rings is 1. The van der Waals surface area contributed by atoms with E-state index < -0.39 is 29.3 Å². The second-order valence-corrected chi connectivity index (χ2v) is 7.08. The van der Waals surface area contributed by atoms with Gasteiger partial charge in [-0.05, 0) is 50.6 Å². The summed E-state index contributed by atoms with van der Waals surface area (Å²) >= 11 is 1.08. The molecule has 7 nitrogen and oxygen atoms in total. The molecule has 0 aliphatic heterocycles. The van der Waals surface area contributed by atoms with Crippen LogP contribution in [-0.2, 0) is 9.53 Å². The van der Waals surface area contributed by atoms with E-state index in [4.69, 9.17) is 4.74 Å². The zero-order valence-corrected chi connectivity index (χ0v) is 16.3. The van der Waals surface area contributed by atoms with Crippen LogP contribution in [0, 0.1) is 12.7 Å². The lowest BCUT2D eigenvalue weighted by Gasteiger charge is -2.15. The molecule has 146 valence electrons. The van der Waals surface area contributed by atoms with Gasteiger partial charge in [0.15, 0.2) is 0 Å². The van der Waals surface area contributed by atoms with Crippen molar-refractivity contribution in [3.63, 3.8) is 0 Å². The SMILES string of the molecule is CCOC(=O)c1sc2ncn([C@H](C)C(=O)Nc3ccc(F)cc3)c(=O)c2c1C. The summed E-state index contributed by atoms with van der Waals surface area (Å²) < 4.78 is 19.2. The van der Waals surface area contributed by atoms with Gasteiger partial charge >= 0.3 is 5.97 Å². The number of anilines is 1. The number of nitrogens with zero attached hydrogens (tertiary/aromatic N) is 2. The number of fused-ring (bicyclic) bond motifs is 1. The number of hydrogen-bond acceptors (Lipinski definition) is 6. The van der Waals surface area contributed by atoms with Crippen molar-refractivity contribution in [2.45, 2.75) is 26.8 Å². The van der Waals surface area contributed by atoms with Crippen LogP contribution in [0.5, 0.6) is 0 Å². The van der Waals surface area contributed by atoms with Crippen molar-refractivity contribution in [2.24, 2.45) is 0 Å². The zero-order chi connectivity index (χ0) is 20.4. The quantitative estimate of drug-likeness (QED) is 0.660. The van der Waals surface area contributed by atoms with Crippen LogP contribution in [0.25, 0.3) is 10.2 Å². The molecule has 2 aromatic heterocycles. The first-order valence-electron chi connectivity index (χ1n) is 8.57. The average molecular weight is 403 g/mol. The monoisotopic (exact) mass is 403 g/mol. The van der Waals surface area contributed by atoms with E-state index in [0.717, 1.165) is 11.3 Å². The van der Waals surface area contributed by atoms with E-state index >= 15 is 0 Å². The average Bonchev–Trinajstić information content (AvgIpc) is 3.01. The summed E-state index contributed by atoms with van der Waals surface area (Å²) in [5.41, 5.74) is 0.476. The first kappa shape index (κ1) is 19.7. The van der Waals surface area contributed by atoms with Crippen molar-refractivity contribution in [3.8, 4) is 0 Å². The van der Waals surface area contributed by atoms with Crippen LogP contribution < -0.4 is 10.9 Å². The molecular formula is C19H18FN3O4S. The Hall–Kier alpha value is -3.07. The molecule has 0 saturated carbocycles. The first-order chi connectivity index (χ1) is 13.3. The Labute approximate surface area is 163 Å². The van der Waals surface area contributed by atoms with Gasteiger partial charge in [-0.2, -0.15) is 0 Å². The molecule has 1 amide bonds. The van der Waals surface area contributed by atoms with Crippen molar-refractivity contribution in [2.75, 3.05) is 11.9 Å². The Balaban J connectivity index is 1.94. The largest absolute Gasteiger partial charge is 0.462 e. The minimum Gasteiger partial charge on any atom is -0.462 e. The highest BCUT2D eigenvalue weighted by Gasteiger charge is 2.23. The third-order valence-electron chi connectivity index (χ3n) is 4.25. The molecule has 2 heterocycles. The number of halogens is 1. The maximum absolute atomic E-state index is 13.0. The molecule has 0 saturated heterocycles. The van der Waals surface area contributed by atoms with Crippen LogP contribution >= 0.6 is 11.3 Å². The minimum atomic E-state index is -0.861.